The summed E-state index contributed by atoms with van der Waals surface area (Å²) in [6, 6.07) is 0. The van der Waals surface area contributed by atoms with Crippen molar-refractivity contribution in [2.45, 2.75) is 25.4 Å². The molecule has 0 amide bonds. The van der Waals surface area contributed by atoms with Gasteiger partial charge in [0.05, 0.1) is 12.5 Å². The van der Waals surface area contributed by atoms with E-state index in [1.54, 1.807) is 14.2 Å². The van der Waals surface area contributed by atoms with Gasteiger partial charge in [-0.1, -0.05) is 5.16 Å². The molecule has 1 aromatic heterocycles. The van der Waals surface area contributed by atoms with Crippen molar-refractivity contribution in [2.75, 3.05) is 27.4 Å². The normalized spacial score (nSPS) is 12.9. The average molecular weight is 229 g/mol. The fourth-order valence-corrected chi connectivity index (χ4v) is 1.31. The first-order chi connectivity index (χ1) is 7.80. The van der Waals surface area contributed by atoms with Crippen LogP contribution in [0.5, 0.6) is 0 Å². The van der Waals surface area contributed by atoms with Crippen molar-refractivity contribution >= 4 is 0 Å². The van der Waals surface area contributed by atoms with Crippen LogP contribution in [0.15, 0.2) is 4.52 Å². The molecule has 1 aromatic rings. The van der Waals surface area contributed by atoms with E-state index in [9.17, 15) is 0 Å². The molecule has 0 aliphatic carbocycles. The summed E-state index contributed by atoms with van der Waals surface area (Å²) in [5.74, 6) is 1.28. The summed E-state index contributed by atoms with van der Waals surface area (Å²) in [5.41, 5.74) is 5.50. The van der Waals surface area contributed by atoms with Crippen LogP contribution in [0.25, 0.3) is 0 Å². The van der Waals surface area contributed by atoms with Gasteiger partial charge in [0.2, 0.25) is 5.89 Å². The third-order valence-electron chi connectivity index (χ3n) is 2.26. The number of methoxy groups -OCH3 is 2. The molecular formula is C10H19N3O3. The number of aryl methyl sites for hydroxylation is 1. The monoisotopic (exact) mass is 229 g/mol. The standard InChI is InChI=1S/C10H19N3O3/c1-14-5-3-4-9-12-10(16-13-9)6-8(7-11)15-2/h8H,3-7,11H2,1-2H3. The van der Waals surface area contributed by atoms with Gasteiger partial charge in [0.1, 0.15) is 0 Å². The molecule has 1 heterocycles. The second-order valence-corrected chi connectivity index (χ2v) is 3.50. The Hall–Kier alpha value is -0.980. The topological polar surface area (TPSA) is 83.4 Å². The zero-order valence-electron chi connectivity index (χ0n) is 9.81. The zero-order chi connectivity index (χ0) is 11.8. The Morgan fingerprint density at radius 1 is 1.44 bits per heavy atom. The quantitative estimate of drug-likeness (QED) is 0.639. The first kappa shape index (κ1) is 13.1. The second kappa shape index (κ2) is 7.32. The molecule has 16 heavy (non-hydrogen) atoms. The smallest absolute Gasteiger partial charge is 0.229 e. The summed E-state index contributed by atoms with van der Waals surface area (Å²) in [6.45, 7) is 1.14. The minimum atomic E-state index is -0.0627. The lowest BCUT2D eigenvalue weighted by molar-refractivity contribution is 0.102. The Morgan fingerprint density at radius 3 is 2.88 bits per heavy atom. The van der Waals surface area contributed by atoms with E-state index in [0.717, 1.165) is 12.8 Å². The van der Waals surface area contributed by atoms with Gasteiger partial charge in [0.15, 0.2) is 5.82 Å². The van der Waals surface area contributed by atoms with Gasteiger partial charge in [-0.05, 0) is 6.42 Å². The van der Waals surface area contributed by atoms with Crippen LogP contribution in [-0.4, -0.2) is 43.6 Å². The minimum absolute atomic E-state index is 0.0627. The molecule has 0 aliphatic heterocycles. The largest absolute Gasteiger partial charge is 0.385 e. The summed E-state index contributed by atoms with van der Waals surface area (Å²) >= 11 is 0. The van der Waals surface area contributed by atoms with Gasteiger partial charge in [-0.25, -0.2) is 0 Å². The maximum absolute atomic E-state index is 5.50. The fourth-order valence-electron chi connectivity index (χ4n) is 1.31. The maximum atomic E-state index is 5.50. The minimum Gasteiger partial charge on any atom is -0.385 e. The van der Waals surface area contributed by atoms with Crippen LogP contribution in [0, 0.1) is 0 Å². The molecular weight excluding hydrogens is 210 g/mol. The Balaban J connectivity index is 2.38. The maximum Gasteiger partial charge on any atom is 0.229 e. The van der Waals surface area contributed by atoms with Gasteiger partial charge in [-0.15, -0.1) is 0 Å². The molecule has 0 aromatic carbocycles. The Bertz CT molecular complexity index is 287. The molecule has 0 aliphatic rings. The Morgan fingerprint density at radius 2 is 2.25 bits per heavy atom. The van der Waals surface area contributed by atoms with Crippen molar-refractivity contribution in [1.82, 2.24) is 10.1 Å². The molecule has 1 unspecified atom stereocenters. The van der Waals surface area contributed by atoms with E-state index >= 15 is 0 Å². The van der Waals surface area contributed by atoms with E-state index in [2.05, 4.69) is 10.1 Å². The molecule has 2 N–H and O–H groups in total. The predicted octanol–water partition coefficient (Wildman–Crippen LogP) is 0.165. The van der Waals surface area contributed by atoms with Crippen LogP contribution >= 0.6 is 0 Å². The second-order valence-electron chi connectivity index (χ2n) is 3.50. The van der Waals surface area contributed by atoms with Crippen LogP contribution in [-0.2, 0) is 22.3 Å². The van der Waals surface area contributed by atoms with Crippen molar-refractivity contribution in [2.24, 2.45) is 5.73 Å². The molecule has 0 saturated carbocycles. The molecule has 0 bridgehead atoms. The summed E-state index contributed by atoms with van der Waals surface area (Å²) in [7, 11) is 3.29. The van der Waals surface area contributed by atoms with E-state index in [0.29, 0.717) is 31.3 Å². The number of aromatic nitrogens is 2. The molecule has 6 nitrogen and oxygen atoms in total. The zero-order valence-corrected chi connectivity index (χ0v) is 9.81. The third-order valence-corrected chi connectivity index (χ3v) is 2.26. The highest BCUT2D eigenvalue weighted by Gasteiger charge is 2.12. The number of hydrogen-bond acceptors (Lipinski definition) is 6. The van der Waals surface area contributed by atoms with E-state index < -0.39 is 0 Å². The molecule has 6 heteroatoms. The van der Waals surface area contributed by atoms with Crippen LogP contribution in [0.2, 0.25) is 0 Å². The van der Waals surface area contributed by atoms with Crippen LogP contribution < -0.4 is 5.73 Å². The fraction of sp³-hybridized carbons (Fsp3) is 0.800. The van der Waals surface area contributed by atoms with Crippen LogP contribution in [0.3, 0.4) is 0 Å². The first-order valence-corrected chi connectivity index (χ1v) is 5.33. The SMILES string of the molecule is COCCCc1noc(CC(CN)OC)n1. The highest BCUT2D eigenvalue weighted by molar-refractivity contribution is 4.88. The molecule has 0 spiro atoms. The molecule has 92 valence electrons. The van der Waals surface area contributed by atoms with E-state index in [4.69, 9.17) is 19.7 Å². The highest BCUT2D eigenvalue weighted by Crippen LogP contribution is 2.04. The third kappa shape index (κ3) is 4.26. The Kier molecular flexibility index (Phi) is 5.99. The summed E-state index contributed by atoms with van der Waals surface area (Å²) < 4.78 is 15.2. The van der Waals surface area contributed by atoms with Crippen LogP contribution in [0.1, 0.15) is 18.1 Å². The average Bonchev–Trinajstić information content (AvgIpc) is 2.74. The Labute approximate surface area is 95.1 Å². The summed E-state index contributed by atoms with van der Waals surface area (Å²) in [5, 5.41) is 3.87. The van der Waals surface area contributed by atoms with Gasteiger partial charge in [0, 0.05) is 33.8 Å². The van der Waals surface area contributed by atoms with Crippen molar-refractivity contribution < 1.29 is 14.0 Å². The number of rotatable bonds is 8. The van der Waals surface area contributed by atoms with Crippen LogP contribution in [0.4, 0.5) is 0 Å². The summed E-state index contributed by atoms with van der Waals surface area (Å²) in [6.07, 6.45) is 2.15. The number of nitrogens with two attached hydrogens (primary N) is 1. The van der Waals surface area contributed by atoms with Gasteiger partial charge in [-0.3, -0.25) is 0 Å². The van der Waals surface area contributed by atoms with E-state index in [1.807, 2.05) is 0 Å². The lowest BCUT2D eigenvalue weighted by Crippen LogP contribution is -2.24. The summed E-state index contributed by atoms with van der Waals surface area (Å²) in [4.78, 5) is 4.25. The first-order valence-electron chi connectivity index (χ1n) is 5.33. The van der Waals surface area contributed by atoms with Gasteiger partial charge < -0.3 is 19.7 Å². The van der Waals surface area contributed by atoms with E-state index in [1.165, 1.54) is 0 Å². The van der Waals surface area contributed by atoms with Crippen molar-refractivity contribution in [3.05, 3.63) is 11.7 Å². The molecule has 0 fully saturated rings. The number of hydrogen-bond donors (Lipinski definition) is 1. The molecule has 1 atom stereocenters. The molecule has 1 rings (SSSR count). The van der Waals surface area contributed by atoms with Gasteiger partial charge in [-0.2, -0.15) is 4.98 Å². The lowest BCUT2D eigenvalue weighted by Gasteiger charge is -2.08. The van der Waals surface area contributed by atoms with Crippen molar-refractivity contribution in [3.8, 4) is 0 Å². The van der Waals surface area contributed by atoms with Gasteiger partial charge in [0.25, 0.3) is 0 Å². The molecule has 0 radical (unpaired) electrons. The predicted molar refractivity (Wildman–Crippen MR) is 58.1 cm³/mol. The van der Waals surface area contributed by atoms with E-state index in [-0.39, 0.29) is 6.10 Å². The van der Waals surface area contributed by atoms with Crippen molar-refractivity contribution in [1.29, 1.82) is 0 Å². The lowest BCUT2D eigenvalue weighted by atomic mass is 10.2. The van der Waals surface area contributed by atoms with Crippen molar-refractivity contribution in [3.63, 3.8) is 0 Å². The number of nitrogens with zero attached hydrogens (tertiary/aromatic N) is 2. The molecule has 0 saturated heterocycles. The highest BCUT2D eigenvalue weighted by atomic mass is 16.5. The van der Waals surface area contributed by atoms with Gasteiger partial charge >= 0.3 is 0 Å². The number of ether oxygens (including phenoxy) is 2.